The fourth-order valence-corrected chi connectivity index (χ4v) is 1.29. The molecular formula is C10H12ClF2N3. The minimum absolute atomic E-state index is 0.0505. The van der Waals surface area contributed by atoms with Gasteiger partial charge in [0.2, 0.25) is 0 Å². The Kier molecular flexibility index (Phi) is 4.98. The lowest BCUT2D eigenvalue weighted by Crippen LogP contribution is -2.32. The van der Waals surface area contributed by atoms with E-state index in [0.29, 0.717) is 0 Å². The Labute approximate surface area is 98.0 Å². The first-order valence-electron chi connectivity index (χ1n) is 4.64. The van der Waals surface area contributed by atoms with Crippen LogP contribution in [0.25, 0.3) is 0 Å². The second kappa shape index (κ2) is 6.27. The number of nitrogens with zero attached hydrogens (tertiary/aromatic N) is 3. The Morgan fingerprint density at radius 1 is 1.19 bits per heavy atom. The zero-order chi connectivity index (χ0) is 12.0. The molecule has 0 spiro atoms. The molecule has 1 aliphatic rings. The summed E-state index contributed by atoms with van der Waals surface area (Å²) >= 11 is 5.32. The number of halogens is 3. The summed E-state index contributed by atoms with van der Waals surface area (Å²) in [6, 6.07) is 12.0. The molecule has 2 rings (SSSR count). The van der Waals surface area contributed by atoms with Crippen LogP contribution < -0.4 is 0 Å². The van der Waals surface area contributed by atoms with Crippen LogP contribution in [0, 0.1) is 0 Å². The third-order valence-corrected chi connectivity index (χ3v) is 2.02. The zero-order valence-electron chi connectivity index (χ0n) is 8.72. The third-order valence-electron chi connectivity index (χ3n) is 1.84. The molecule has 0 N–H and O–H groups in total. The molecule has 6 heteroatoms. The summed E-state index contributed by atoms with van der Waals surface area (Å²) in [6.45, 7) is -1.09. The highest BCUT2D eigenvalue weighted by atomic mass is 35.5. The number of hydrogen-bond donors (Lipinski definition) is 0. The molecule has 0 saturated carbocycles. The van der Waals surface area contributed by atoms with Gasteiger partial charge < -0.3 is 0 Å². The summed E-state index contributed by atoms with van der Waals surface area (Å²) < 4.78 is 24.8. The first kappa shape index (κ1) is 12.7. The molecule has 88 valence electrons. The van der Waals surface area contributed by atoms with Crippen LogP contribution in [0.1, 0.15) is 6.92 Å². The molecule has 1 aromatic carbocycles. The zero-order valence-corrected chi connectivity index (χ0v) is 9.48. The van der Waals surface area contributed by atoms with E-state index in [1.165, 1.54) is 6.92 Å². The molecule has 1 aliphatic heterocycles. The van der Waals surface area contributed by atoms with Crippen LogP contribution >= 0.6 is 11.8 Å². The molecule has 0 radical (unpaired) electrons. The predicted molar refractivity (Wildman–Crippen MR) is 60.0 cm³/mol. The number of alkyl halides is 2. The molecule has 3 nitrogen and oxygen atoms in total. The minimum atomic E-state index is -2.52. The Bertz CT molecular complexity index is 305. The maximum absolute atomic E-state index is 11.9. The second-order valence-corrected chi connectivity index (χ2v) is 3.42. The molecule has 0 aromatic heterocycles. The van der Waals surface area contributed by atoms with E-state index in [9.17, 15) is 8.78 Å². The van der Waals surface area contributed by atoms with Gasteiger partial charge >= 0.3 is 6.55 Å². The minimum Gasteiger partial charge on any atom is -0.281 e. The van der Waals surface area contributed by atoms with Gasteiger partial charge in [0.1, 0.15) is 12.5 Å². The molecule has 16 heavy (non-hydrogen) atoms. The lowest BCUT2D eigenvalue weighted by Gasteiger charge is -2.15. The predicted octanol–water partition coefficient (Wildman–Crippen LogP) is 2.96. The number of hydrogen-bond acceptors (Lipinski definition) is 3. The fraction of sp³-hybridized carbons (Fsp3) is 0.300. The summed E-state index contributed by atoms with van der Waals surface area (Å²) in [6.07, 6.45) is 0. The number of rotatable bonds is 1. The molecule has 1 heterocycles. The highest BCUT2D eigenvalue weighted by Gasteiger charge is 2.25. The normalized spacial score (nSPS) is 14.7. The lowest BCUT2D eigenvalue weighted by atomic mass is 10.4. The summed E-state index contributed by atoms with van der Waals surface area (Å²) in [5.74, 6) is 0.241. The molecular weight excluding hydrogens is 236 g/mol. The van der Waals surface area contributed by atoms with E-state index in [0.717, 1.165) is 9.43 Å². The first-order valence-corrected chi connectivity index (χ1v) is 4.98. The molecule has 0 fully saturated rings. The van der Waals surface area contributed by atoms with Crippen LogP contribution in [0.4, 0.5) is 8.78 Å². The van der Waals surface area contributed by atoms with Gasteiger partial charge in [-0.3, -0.25) is 4.90 Å². The van der Waals surface area contributed by atoms with Gasteiger partial charge in [0, 0.05) is 11.8 Å². The van der Waals surface area contributed by atoms with E-state index in [2.05, 4.69) is 5.10 Å². The van der Waals surface area contributed by atoms with Gasteiger partial charge in [0.15, 0.2) is 0 Å². The molecule has 0 bridgehead atoms. The second-order valence-electron chi connectivity index (χ2n) is 3.03. The van der Waals surface area contributed by atoms with Crippen molar-refractivity contribution in [1.82, 2.24) is 9.43 Å². The van der Waals surface area contributed by atoms with E-state index < -0.39 is 6.55 Å². The van der Waals surface area contributed by atoms with Crippen LogP contribution in [0.15, 0.2) is 41.5 Å². The van der Waals surface area contributed by atoms with Crippen molar-refractivity contribution in [2.24, 2.45) is 5.10 Å². The Balaban J connectivity index is 0.000000181. The smallest absolute Gasteiger partial charge is 0.281 e. The number of hydrazone groups is 1. The van der Waals surface area contributed by atoms with Gasteiger partial charge in [0.05, 0.1) is 0 Å². The lowest BCUT2D eigenvalue weighted by molar-refractivity contribution is 0.0158. The first-order chi connectivity index (χ1) is 7.61. The van der Waals surface area contributed by atoms with E-state index in [1.54, 1.807) is 0 Å². The van der Waals surface area contributed by atoms with Crippen molar-refractivity contribution in [3.63, 3.8) is 0 Å². The number of amidine groups is 1. The van der Waals surface area contributed by atoms with Gasteiger partial charge in [0.25, 0.3) is 0 Å². The fourth-order valence-electron chi connectivity index (χ4n) is 1.06. The van der Waals surface area contributed by atoms with Crippen molar-refractivity contribution in [2.75, 3.05) is 6.67 Å². The van der Waals surface area contributed by atoms with Crippen molar-refractivity contribution >= 4 is 17.6 Å². The SMILES string of the molecule is CC1=NN(Cl)CN1C(F)F.c1ccccc1. The number of benzene rings is 1. The third kappa shape index (κ3) is 4.02. The van der Waals surface area contributed by atoms with Crippen molar-refractivity contribution < 1.29 is 8.78 Å². The molecule has 0 aliphatic carbocycles. The van der Waals surface area contributed by atoms with Crippen molar-refractivity contribution in [3.8, 4) is 0 Å². The van der Waals surface area contributed by atoms with Crippen LogP contribution in [0.5, 0.6) is 0 Å². The van der Waals surface area contributed by atoms with E-state index in [1.807, 2.05) is 36.4 Å². The summed E-state index contributed by atoms with van der Waals surface area (Å²) in [5, 5.41) is 3.55. The highest BCUT2D eigenvalue weighted by Crippen LogP contribution is 2.14. The Morgan fingerprint density at radius 2 is 1.62 bits per heavy atom. The van der Waals surface area contributed by atoms with Gasteiger partial charge in [-0.15, -0.1) is 5.10 Å². The standard InChI is InChI=1S/C6H6.C4H6ClF2N3/c1-2-4-6-5-3-1;1-3-8-10(5)2-9(3)4(6)7/h1-6H;4H,2H2,1H3. The van der Waals surface area contributed by atoms with E-state index in [-0.39, 0.29) is 12.5 Å². The molecule has 1 aromatic rings. The summed E-state index contributed by atoms with van der Waals surface area (Å²) in [7, 11) is 0. The van der Waals surface area contributed by atoms with Gasteiger partial charge in [-0.05, 0) is 6.92 Å². The Hall–Kier alpha value is -1.36. The van der Waals surface area contributed by atoms with E-state index in [4.69, 9.17) is 11.8 Å². The van der Waals surface area contributed by atoms with Crippen molar-refractivity contribution in [1.29, 1.82) is 0 Å². The van der Waals surface area contributed by atoms with Crippen molar-refractivity contribution in [2.45, 2.75) is 13.5 Å². The summed E-state index contributed by atoms with van der Waals surface area (Å²) in [4.78, 5) is 0.799. The van der Waals surface area contributed by atoms with Gasteiger partial charge in [-0.1, -0.05) is 36.4 Å². The van der Waals surface area contributed by atoms with Crippen LogP contribution in [0.3, 0.4) is 0 Å². The Morgan fingerprint density at radius 3 is 1.81 bits per heavy atom. The highest BCUT2D eigenvalue weighted by molar-refractivity contribution is 6.14. The molecule has 0 atom stereocenters. The maximum atomic E-state index is 11.9. The van der Waals surface area contributed by atoms with Gasteiger partial charge in [-0.2, -0.15) is 13.3 Å². The topological polar surface area (TPSA) is 18.8 Å². The van der Waals surface area contributed by atoms with E-state index >= 15 is 0 Å². The maximum Gasteiger partial charge on any atom is 0.317 e. The van der Waals surface area contributed by atoms with Gasteiger partial charge in [-0.25, -0.2) is 0 Å². The average molecular weight is 248 g/mol. The monoisotopic (exact) mass is 247 g/mol. The van der Waals surface area contributed by atoms with Crippen molar-refractivity contribution in [3.05, 3.63) is 36.4 Å². The van der Waals surface area contributed by atoms with Crippen LogP contribution in [0.2, 0.25) is 0 Å². The largest absolute Gasteiger partial charge is 0.317 e. The molecule has 0 amide bonds. The summed E-state index contributed by atoms with van der Waals surface area (Å²) in [5.41, 5.74) is 0. The molecule has 0 saturated heterocycles. The quantitative estimate of drug-likeness (QED) is 0.561. The van der Waals surface area contributed by atoms with Crippen LogP contribution in [-0.2, 0) is 0 Å². The molecule has 0 unspecified atom stereocenters. The average Bonchev–Trinajstić information content (AvgIpc) is 2.61. The van der Waals surface area contributed by atoms with Crippen LogP contribution in [-0.4, -0.2) is 28.5 Å².